The molecule has 2 amide bonds. The number of carbonyl (C=O) groups is 1. The van der Waals surface area contributed by atoms with E-state index in [1.807, 2.05) is 31.2 Å². The second-order valence-corrected chi connectivity index (χ2v) is 6.35. The molecular formula is C17H19N3O4S. The third-order valence-electron chi connectivity index (χ3n) is 3.33. The molecule has 2 aromatic carbocycles. The van der Waals surface area contributed by atoms with Gasteiger partial charge in [0, 0.05) is 17.2 Å². The predicted octanol–water partition coefficient (Wildman–Crippen LogP) is 3.83. The highest BCUT2D eigenvalue weighted by Gasteiger charge is 2.16. The molecule has 7 nitrogen and oxygen atoms in total. The number of aryl methyl sites for hydroxylation is 1. The molecule has 2 aromatic rings. The number of amides is 2. The highest BCUT2D eigenvalue weighted by Crippen LogP contribution is 2.28. The van der Waals surface area contributed by atoms with Gasteiger partial charge in [0.25, 0.3) is 5.69 Å². The van der Waals surface area contributed by atoms with Crippen molar-refractivity contribution in [2.75, 3.05) is 24.7 Å². The Morgan fingerprint density at radius 2 is 1.96 bits per heavy atom. The fourth-order valence-corrected chi connectivity index (χ4v) is 2.80. The number of nitrogens with one attached hydrogen (secondary N) is 2. The van der Waals surface area contributed by atoms with Crippen LogP contribution in [-0.2, 0) is 0 Å². The number of rotatable bonds is 7. The van der Waals surface area contributed by atoms with E-state index in [0.29, 0.717) is 18.0 Å². The number of nitro benzene ring substituents is 1. The quantitative estimate of drug-likeness (QED) is 0.338. The Hall–Kier alpha value is -2.74. The Balaban J connectivity index is 1.84. The average Bonchev–Trinajstić information content (AvgIpc) is 2.60. The molecule has 0 aromatic heterocycles. The zero-order valence-electron chi connectivity index (χ0n) is 13.9. The van der Waals surface area contributed by atoms with E-state index in [2.05, 4.69) is 10.6 Å². The molecule has 0 saturated heterocycles. The molecule has 25 heavy (non-hydrogen) atoms. The third-order valence-corrected chi connectivity index (χ3v) is 4.34. The first-order chi connectivity index (χ1) is 12.0. The smallest absolute Gasteiger partial charge is 0.319 e. The first-order valence-electron chi connectivity index (χ1n) is 7.56. The van der Waals surface area contributed by atoms with Crippen LogP contribution in [0.3, 0.4) is 0 Å². The van der Waals surface area contributed by atoms with E-state index in [9.17, 15) is 14.9 Å². The second kappa shape index (κ2) is 8.93. The van der Waals surface area contributed by atoms with Crippen LogP contribution in [0.2, 0.25) is 0 Å². The van der Waals surface area contributed by atoms with Crippen molar-refractivity contribution in [2.24, 2.45) is 0 Å². The van der Waals surface area contributed by atoms with Crippen molar-refractivity contribution in [1.82, 2.24) is 5.32 Å². The number of carbonyl (C=O) groups excluding carboxylic acids is 1. The summed E-state index contributed by atoms with van der Waals surface area (Å²) in [6.45, 7) is 2.47. The molecule has 0 radical (unpaired) electrons. The zero-order valence-corrected chi connectivity index (χ0v) is 14.8. The molecule has 0 unspecified atom stereocenters. The van der Waals surface area contributed by atoms with Crippen LogP contribution in [0.4, 0.5) is 16.2 Å². The Bertz CT molecular complexity index is 750. The number of ether oxygens (including phenoxy) is 1. The Morgan fingerprint density at radius 3 is 2.60 bits per heavy atom. The first kappa shape index (κ1) is 18.6. The highest BCUT2D eigenvalue weighted by atomic mass is 32.2. The van der Waals surface area contributed by atoms with Crippen LogP contribution in [0, 0.1) is 17.0 Å². The summed E-state index contributed by atoms with van der Waals surface area (Å²) in [5.41, 5.74) is 1.10. The van der Waals surface area contributed by atoms with Gasteiger partial charge in [-0.3, -0.25) is 10.1 Å². The third kappa shape index (κ3) is 5.68. The van der Waals surface area contributed by atoms with Crippen LogP contribution in [-0.4, -0.2) is 30.4 Å². The molecule has 0 aliphatic carbocycles. The van der Waals surface area contributed by atoms with Gasteiger partial charge in [-0.05, 0) is 31.2 Å². The number of nitrogens with zero attached hydrogens (tertiary/aromatic N) is 1. The zero-order chi connectivity index (χ0) is 18.2. The Kier molecular flexibility index (Phi) is 6.64. The van der Waals surface area contributed by atoms with E-state index in [-0.39, 0.29) is 11.4 Å². The second-order valence-electron chi connectivity index (χ2n) is 5.18. The van der Waals surface area contributed by atoms with Crippen LogP contribution in [0.1, 0.15) is 5.56 Å². The molecule has 8 heteroatoms. The summed E-state index contributed by atoms with van der Waals surface area (Å²) in [5.74, 6) is 1.05. The van der Waals surface area contributed by atoms with Crippen molar-refractivity contribution in [3.63, 3.8) is 0 Å². The van der Waals surface area contributed by atoms with Crippen molar-refractivity contribution in [3.8, 4) is 5.75 Å². The summed E-state index contributed by atoms with van der Waals surface area (Å²) >= 11 is 1.62. The number of benzene rings is 2. The summed E-state index contributed by atoms with van der Waals surface area (Å²) in [6, 6.07) is 11.9. The molecule has 0 aliphatic rings. The minimum absolute atomic E-state index is 0.120. The van der Waals surface area contributed by atoms with Crippen LogP contribution in [0.25, 0.3) is 0 Å². The van der Waals surface area contributed by atoms with Crippen molar-refractivity contribution in [3.05, 3.63) is 58.1 Å². The molecule has 0 bridgehead atoms. The predicted molar refractivity (Wildman–Crippen MR) is 98.6 cm³/mol. The average molecular weight is 361 g/mol. The van der Waals surface area contributed by atoms with Gasteiger partial charge >= 0.3 is 6.03 Å². The molecule has 0 saturated carbocycles. The topological polar surface area (TPSA) is 93.5 Å². The maximum atomic E-state index is 11.9. The Morgan fingerprint density at radius 1 is 1.24 bits per heavy atom. The monoisotopic (exact) mass is 361 g/mol. The lowest BCUT2D eigenvalue weighted by atomic mass is 10.2. The molecular weight excluding hydrogens is 342 g/mol. The van der Waals surface area contributed by atoms with E-state index >= 15 is 0 Å². The number of methoxy groups -OCH3 is 1. The van der Waals surface area contributed by atoms with E-state index in [4.69, 9.17) is 4.74 Å². The van der Waals surface area contributed by atoms with Gasteiger partial charge in [-0.1, -0.05) is 17.7 Å². The van der Waals surface area contributed by atoms with Gasteiger partial charge in [0.1, 0.15) is 11.4 Å². The highest BCUT2D eigenvalue weighted by molar-refractivity contribution is 7.99. The molecule has 2 N–H and O–H groups in total. The fraction of sp³-hybridized carbons (Fsp3) is 0.235. The largest absolute Gasteiger partial charge is 0.496 e. The SMILES string of the molecule is COc1ccc(NC(=O)NCCSc2ccc(C)cc2)c([N+](=O)[O-])c1. The molecule has 0 fully saturated rings. The van der Waals surface area contributed by atoms with Gasteiger partial charge in [0.15, 0.2) is 0 Å². The van der Waals surface area contributed by atoms with Gasteiger partial charge < -0.3 is 15.4 Å². The van der Waals surface area contributed by atoms with Gasteiger partial charge in [0.05, 0.1) is 18.1 Å². The van der Waals surface area contributed by atoms with Crippen LogP contribution < -0.4 is 15.4 Å². The molecule has 0 aliphatic heterocycles. The lowest BCUT2D eigenvalue weighted by molar-refractivity contribution is -0.384. The molecule has 0 heterocycles. The first-order valence-corrected chi connectivity index (χ1v) is 8.55. The maximum Gasteiger partial charge on any atom is 0.319 e. The molecule has 2 rings (SSSR count). The van der Waals surface area contributed by atoms with Crippen molar-refractivity contribution >= 4 is 29.2 Å². The van der Waals surface area contributed by atoms with Crippen molar-refractivity contribution < 1.29 is 14.5 Å². The number of hydrogen-bond donors (Lipinski definition) is 2. The van der Waals surface area contributed by atoms with Gasteiger partial charge in [-0.2, -0.15) is 0 Å². The number of thioether (sulfide) groups is 1. The van der Waals surface area contributed by atoms with E-state index in [1.54, 1.807) is 17.8 Å². The van der Waals surface area contributed by atoms with Crippen molar-refractivity contribution in [2.45, 2.75) is 11.8 Å². The number of anilines is 1. The summed E-state index contributed by atoms with van der Waals surface area (Å²) in [7, 11) is 1.42. The van der Waals surface area contributed by atoms with E-state index < -0.39 is 11.0 Å². The van der Waals surface area contributed by atoms with E-state index in [1.165, 1.54) is 24.8 Å². The van der Waals surface area contributed by atoms with Crippen LogP contribution >= 0.6 is 11.8 Å². The summed E-state index contributed by atoms with van der Waals surface area (Å²) < 4.78 is 4.96. The van der Waals surface area contributed by atoms with Gasteiger partial charge in [-0.25, -0.2) is 4.79 Å². The summed E-state index contributed by atoms with van der Waals surface area (Å²) in [6.07, 6.45) is 0. The minimum Gasteiger partial charge on any atom is -0.496 e. The minimum atomic E-state index is -0.564. The lowest BCUT2D eigenvalue weighted by Crippen LogP contribution is -2.30. The molecule has 0 atom stereocenters. The maximum absolute atomic E-state index is 11.9. The van der Waals surface area contributed by atoms with Gasteiger partial charge in [-0.15, -0.1) is 11.8 Å². The van der Waals surface area contributed by atoms with Crippen molar-refractivity contribution in [1.29, 1.82) is 0 Å². The van der Waals surface area contributed by atoms with Crippen LogP contribution in [0.15, 0.2) is 47.4 Å². The number of nitro groups is 1. The Labute approximate surface area is 149 Å². The standard InChI is InChI=1S/C17H19N3O4S/c1-12-3-6-14(7-4-12)25-10-9-18-17(21)19-15-8-5-13(24-2)11-16(15)20(22)23/h3-8,11H,9-10H2,1-2H3,(H2,18,19,21). The summed E-state index contributed by atoms with van der Waals surface area (Å²) in [5, 5.41) is 16.3. The van der Waals surface area contributed by atoms with Gasteiger partial charge in [0.2, 0.25) is 0 Å². The van der Waals surface area contributed by atoms with E-state index in [0.717, 1.165) is 4.90 Å². The van der Waals surface area contributed by atoms with Crippen LogP contribution in [0.5, 0.6) is 5.75 Å². The number of urea groups is 1. The molecule has 0 spiro atoms. The number of hydrogen-bond acceptors (Lipinski definition) is 5. The summed E-state index contributed by atoms with van der Waals surface area (Å²) in [4.78, 5) is 23.6. The normalized spacial score (nSPS) is 10.2. The lowest BCUT2D eigenvalue weighted by Gasteiger charge is -2.09. The molecule has 132 valence electrons. The fourth-order valence-electron chi connectivity index (χ4n) is 2.03.